The highest BCUT2D eigenvalue weighted by atomic mass is 32.2. The third-order valence-corrected chi connectivity index (χ3v) is 8.54. The van der Waals surface area contributed by atoms with E-state index >= 15 is 0 Å². The smallest absolute Gasteiger partial charge is 0.264 e. The van der Waals surface area contributed by atoms with E-state index in [9.17, 15) is 18.0 Å². The fourth-order valence-electron chi connectivity index (χ4n) is 4.58. The summed E-state index contributed by atoms with van der Waals surface area (Å²) in [7, 11) is -4.09. The van der Waals surface area contributed by atoms with Gasteiger partial charge >= 0.3 is 0 Å². The van der Waals surface area contributed by atoms with Crippen LogP contribution in [-0.2, 0) is 32.6 Å². The molecule has 8 heteroatoms. The summed E-state index contributed by atoms with van der Waals surface area (Å²) in [6, 6.07) is 33.0. The molecule has 0 aliphatic carbocycles. The number of anilines is 1. The summed E-state index contributed by atoms with van der Waals surface area (Å²) in [4.78, 5) is 29.3. The van der Waals surface area contributed by atoms with Crippen LogP contribution in [0.4, 0.5) is 5.69 Å². The second-order valence-electron chi connectivity index (χ2n) is 9.77. The van der Waals surface area contributed by atoms with Crippen molar-refractivity contribution >= 4 is 27.5 Å². The summed E-state index contributed by atoms with van der Waals surface area (Å²) in [6.07, 6.45) is 0.279. The standard InChI is InChI=1S/C33H35N3O4S/c1-3-34-33(38)31(23-27-13-7-4-8-14-27)35(24-28-21-19-26(2)20-22-28)32(37)25-36(29-15-9-5-10-16-29)41(39,40)30-17-11-6-12-18-30/h4-22,31H,3,23-25H2,1-2H3,(H,34,38)/t31-/m0/s1. The molecule has 4 aromatic carbocycles. The molecule has 0 unspecified atom stereocenters. The molecular formula is C33H35N3O4S. The fourth-order valence-corrected chi connectivity index (χ4v) is 6.01. The number of nitrogens with one attached hydrogen (secondary N) is 1. The molecule has 0 fully saturated rings. The lowest BCUT2D eigenvalue weighted by Gasteiger charge is -2.33. The first-order valence-corrected chi connectivity index (χ1v) is 15.0. The van der Waals surface area contributed by atoms with Crippen molar-refractivity contribution < 1.29 is 18.0 Å². The molecule has 7 nitrogen and oxygen atoms in total. The molecule has 0 saturated carbocycles. The molecule has 0 aromatic heterocycles. The molecule has 0 aliphatic heterocycles. The minimum absolute atomic E-state index is 0.0753. The van der Waals surface area contributed by atoms with E-state index in [1.165, 1.54) is 17.0 Å². The number of rotatable bonds is 12. The van der Waals surface area contributed by atoms with Crippen molar-refractivity contribution in [2.45, 2.75) is 37.8 Å². The van der Waals surface area contributed by atoms with Crippen molar-refractivity contribution in [2.75, 3.05) is 17.4 Å². The van der Waals surface area contributed by atoms with Gasteiger partial charge in [0.25, 0.3) is 10.0 Å². The average molecular weight is 570 g/mol. The number of benzene rings is 4. The molecule has 212 valence electrons. The molecule has 0 bridgehead atoms. The molecule has 0 aliphatic rings. The number of amides is 2. The summed E-state index contributed by atoms with van der Waals surface area (Å²) >= 11 is 0. The van der Waals surface area contributed by atoms with Crippen LogP contribution in [0.5, 0.6) is 0 Å². The Balaban J connectivity index is 1.76. The van der Waals surface area contributed by atoms with Crippen molar-refractivity contribution in [3.63, 3.8) is 0 Å². The van der Waals surface area contributed by atoms with Gasteiger partial charge in [0.1, 0.15) is 12.6 Å². The Morgan fingerprint density at radius 1 is 0.756 bits per heavy atom. The van der Waals surface area contributed by atoms with Gasteiger partial charge < -0.3 is 10.2 Å². The van der Waals surface area contributed by atoms with Gasteiger partial charge in [-0.2, -0.15) is 0 Å². The van der Waals surface area contributed by atoms with Crippen molar-refractivity contribution in [3.05, 3.63) is 132 Å². The number of nitrogens with zero attached hydrogens (tertiary/aromatic N) is 2. The van der Waals surface area contributed by atoms with E-state index in [-0.39, 0.29) is 23.8 Å². The Bertz CT molecular complexity index is 1530. The first-order valence-electron chi connectivity index (χ1n) is 13.6. The normalized spacial score (nSPS) is 11.9. The lowest BCUT2D eigenvalue weighted by Crippen LogP contribution is -2.53. The predicted octanol–water partition coefficient (Wildman–Crippen LogP) is 4.97. The zero-order valence-corrected chi connectivity index (χ0v) is 24.1. The number of aryl methyl sites for hydroxylation is 1. The molecule has 1 N–H and O–H groups in total. The Morgan fingerprint density at radius 3 is 1.90 bits per heavy atom. The number of carbonyl (C=O) groups excluding carboxylic acids is 2. The number of hydrogen-bond donors (Lipinski definition) is 1. The molecule has 0 heterocycles. The highest BCUT2D eigenvalue weighted by Gasteiger charge is 2.34. The van der Waals surface area contributed by atoms with Crippen molar-refractivity contribution in [3.8, 4) is 0 Å². The van der Waals surface area contributed by atoms with Gasteiger partial charge in [0.05, 0.1) is 10.6 Å². The van der Waals surface area contributed by atoms with Gasteiger partial charge in [-0.25, -0.2) is 8.42 Å². The maximum absolute atomic E-state index is 14.3. The van der Waals surface area contributed by atoms with Gasteiger partial charge in [-0.1, -0.05) is 96.6 Å². The molecule has 2 amide bonds. The van der Waals surface area contributed by atoms with Crippen LogP contribution in [0.25, 0.3) is 0 Å². The van der Waals surface area contributed by atoms with E-state index in [0.29, 0.717) is 12.2 Å². The average Bonchev–Trinajstić information content (AvgIpc) is 3.00. The van der Waals surface area contributed by atoms with Crippen molar-refractivity contribution in [1.82, 2.24) is 10.2 Å². The van der Waals surface area contributed by atoms with E-state index in [4.69, 9.17) is 0 Å². The maximum atomic E-state index is 14.3. The van der Waals surface area contributed by atoms with Crippen LogP contribution in [0.3, 0.4) is 0 Å². The second-order valence-corrected chi connectivity index (χ2v) is 11.6. The highest BCUT2D eigenvalue weighted by molar-refractivity contribution is 7.92. The maximum Gasteiger partial charge on any atom is 0.264 e. The van der Waals surface area contributed by atoms with E-state index in [0.717, 1.165) is 21.0 Å². The molecule has 1 atom stereocenters. The first-order chi connectivity index (χ1) is 19.8. The summed E-state index contributed by atoms with van der Waals surface area (Å²) < 4.78 is 28.8. The Hall–Kier alpha value is -4.43. The first kappa shape index (κ1) is 29.6. The number of sulfonamides is 1. The topological polar surface area (TPSA) is 86.8 Å². The summed E-state index contributed by atoms with van der Waals surface area (Å²) in [5, 5.41) is 2.87. The van der Waals surface area contributed by atoms with E-state index < -0.39 is 28.5 Å². The lowest BCUT2D eigenvalue weighted by molar-refractivity contribution is -0.140. The number of likely N-dealkylation sites (N-methyl/N-ethyl adjacent to an activating group) is 1. The van der Waals surface area contributed by atoms with Crippen molar-refractivity contribution in [1.29, 1.82) is 0 Å². The number of carbonyl (C=O) groups is 2. The minimum atomic E-state index is -4.09. The van der Waals surface area contributed by atoms with Crippen LogP contribution in [0.1, 0.15) is 23.6 Å². The van der Waals surface area contributed by atoms with Crippen LogP contribution in [0.2, 0.25) is 0 Å². The van der Waals surface area contributed by atoms with Gasteiger partial charge in [0, 0.05) is 19.5 Å². The highest BCUT2D eigenvalue weighted by Crippen LogP contribution is 2.25. The molecule has 4 rings (SSSR count). The third-order valence-electron chi connectivity index (χ3n) is 6.75. The monoisotopic (exact) mass is 569 g/mol. The Labute approximate surface area is 242 Å². The zero-order chi connectivity index (χ0) is 29.2. The van der Waals surface area contributed by atoms with E-state index in [1.54, 1.807) is 48.5 Å². The molecule has 0 spiro atoms. The number of hydrogen-bond acceptors (Lipinski definition) is 4. The van der Waals surface area contributed by atoms with Gasteiger partial charge in [-0.3, -0.25) is 13.9 Å². The summed E-state index contributed by atoms with van der Waals surface area (Å²) in [5.41, 5.74) is 3.16. The molecule has 0 saturated heterocycles. The quantitative estimate of drug-likeness (QED) is 0.261. The lowest BCUT2D eigenvalue weighted by atomic mass is 10.0. The minimum Gasteiger partial charge on any atom is -0.355 e. The Morgan fingerprint density at radius 2 is 1.32 bits per heavy atom. The van der Waals surface area contributed by atoms with Gasteiger partial charge in [0.15, 0.2) is 0 Å². The van der Waals surface area contributed by atoms with Crippen LogP contribution < -0.4 is 9.62 Å². The van der Waals surface area contributed by atoms with Crippen LogP contribution in [0, 0.1) is 6.92 Å². The van der Waals surface area contributed by atoms with Gasteiger partial charge in [-0.15, -0.1) is 0 Å². The third kappa shape index (κ3) is 7.61. The van der Waals surface area contributed by atoms with Gasteiger partial charge in [0.2, 0.25) is 11.8 Å². The fraction of sp³-hybridized carbons (Fsp3) is 0.212. The Kier molecular flexibility index (Phi) is 9.92. The molecule has 41 heavy (non-hydrogen) atoms. The SMILES string of the molecule is CCNC(=O)[C@H](Cc1ccccc1)N(Cc1ccc(C)cc1)C(=O)CN(c1ccccc1)S(=O)(=O)c1ccccc1. The van der Waals surface area contributed by atoms with E-state index in [2.05, 4.69) is 5.32 Å². The summed E-state index contributed by atoms with van der Waals surface area (Å²) in [6.45, 7) is 3.87. The molecule has 4 aromatic rings. The van der Waals surface area contributed by atoms with Crippen molar-refractivity contribution in [2.24, 2.45) is 0 Å². The van der Waals surface area contributed by atoms with Crippen LogP contribution in [-0.4, -0.2) is 44.3 Å². The summed E-state index contributed by atoms with van der Waals surface area (Å²) in [5.74, 6) is -0.782. The van der Waals surface area contributed by atoms with Gasteiger partial charge in [-0.05, 0) is 49.2 Å². The predicted molar refractivity (Wildman–Crippen MR) is 162 cm³/mol. The van der Waals surface area contributed by atoms with Crippen LogP contribution in [0.15, 0.2) is 120 Å². The largest absolute Gasteiger partial charge is 0.355 e. The zero-order valence-electron chi connectivity index (χ0n) is 23.3. The molecular weight excluding hydrogens is 534 g/mol. The number of para-hydroxylation sites is 1. The second kappa shape index (κ2) is 13.8. The van der Waals surface area contributed by atoms with Crippen LogP contribution >= 0.6 is 0 Å². The molecule has 0 radical (unpaired) electrons. The van der Waals surface area contributed by atoms with E-state index in [1.807, 2.05) is 68.4 Å².